The van der Waals surface area contributed by atoms with Crippen LogP contribution in [-0.2, 0) is 62.1 Å². The van der Waals surface area contributed by atoms with Crippen molar-refractivity contribution >= 4 is 53.9 Å². The third-order valence-corrected chi connectivity index (χ3v) is 15.7. The van der Waals surface area contributed by atoms with Gasteiger partial charge in [0.15, 0.2) is 6.10 Å². The Kier molecular flexibility index (Phi) is 53.0. The highest BCUT2D eigenvalue weighted by molar-refractivity contribution is 5.95. The second-order valence-corrected chi connectivity index (χ2v) is 23.0. The van der Waals surface area contributed by atoms with Crippen LogP contribution in [0.1, 0.15) is 273 Å². The normalized spacial score (nSPS) is 15.6. The molecule has 0 amide bonds. The van der Waals surface area contributed by atoms with Gasteiger partial charge in [0, 0.05) is 31.6 Å². The zero-order valence-corrected chi connectivity index (χ0v) is 54.6. The van der Waals surface area contributed by atoms with E-state index in [1.54, 1.807) is 19.1 Å². The number of unbranched alkanes of at least 4 members (excludes halogenated alkanes) is 21. The maximum Gasteiger partial charge on any atom is 0.317 e. The molecule has 0 saturated carbocycles. The van der Waals surface area contributed by atoms with Crippen molar-refractivity contribution in [2.45, 2.75) is 279 Å². The van der Waals surface area contributed by atoms with Gasteiger partial charge in [-0.05, 0) is 108 Å². The molecule has 0 bridgehead atoms. The molecule has 1 aliphatic heterocycles. The van der Waals surface area contributed by atoms with Gasteiger partial charge < -0.3 is 34.0 Å². The van der Waals surface area contributed by atoms with Crippen LogP contribution in [0.25, 0.3) is 0 Å². The van der Waals surface area contributed by atoms with Gasteiger partial charge in [-0.25, -0.2) is 0 Å². The monoisotopic (exact) mass is 1220 g/mol. The number of carbonyl (C=O) groups excluding carboxylic acids is 7. The smallest absolute Gasteiger partial charge is 0.317 e. The van der Waals surface area contributed by atoms with Crippen molar-refractivity contribution in [3.8, 4) is 0 Å². The molecule has 7 atom stereocenters. The van der Waals surface area contributed by atoms with Gasteiger partial charge in [-0.1, -0.05) is 217 Å². The zero-order valence-electron chi connectivity index (χ0n) is 54.6. The first-order valence-corrected chi connectivity index (χ1v) is 33.8. The van der Waals surface area contributed by atoms with Crippen molar-refractivity contribution in [3.63, 3.8) is 0 Å². The summed E-state index contributed by atoms with van der Waals surface area (Å²) in [5.74, 6) is -6.26. The summed E-state index contributed by atoms with van der Waals surface area (Å²) in [6.45, 7) is 11.3. The van der Waals surface area contributed by atoms with Crippen molar-refractivity contribution in [2.75, 3.05) is 13.2 Å². The lowest BCUT2D eigenvalue weighted by molar-refractivity contribution is -0.167. The average Bonchev–Trinajstić information content (AvgIpc) is 4.14. The van der Waals surface area contributed by atoms with Gasteiger partial charge in [-0.15, -0.1) is 0 Å². The predicted molar refractivity (Wildman–Crippen MR) is 345 cm³/mol. The fraction of sp³-hybridized carbons (Fsp3) is 0.708. The fourth-order valence-electron chi connectivity index (χ4n) is 10.6. The Morgan fingerprint density at radius 3 is 1.60 bits per heavy atom. The highest BCUT2D eigenvalue weighted by Crippen LogP contribution is 2.30. The summed E-state index contributed by atoms with van der Waals surface area (Å²) < 4.78 is 21.6. The van der Waals surface area contributed by atoms with Crippen LogP contribution < -0.4 is 0 Å². The molecule has 0 aromatic heterocycles. The van der Waals surface area contributed by atoms with E-state index in [0.29, 0.717) is 25.7 Å². The molecule has 1 fully saturated rings. The van der Waals surface area contributed by atoms with E-state index in [1.807, 2.05) is 51.2 Å². The lowest BCUT2D eigenvalue weighted by Crippen LogP contribution is -2.30. The minimum absolute atomic E-state index is 0.0135. The molecular formula is C72H116O15. The van der Waals surface area contributed by atoms with Crippen LogP contribution in [0, 0.1) is 35.5 Å². The second-order valence-electron chi connectivity index (χ2n) is 23.0. The Hall–Kier alpha value is -5.73. The number of aldehydes is 1. The molecule has 0 aromatic carbocycles. The maximum atomic E-state index is 13.1. The number of hydrogen-bond donors (Lipinski definition) is 2. The van der Waals surface area contributed by atoms with Gasteiger partial charge in [0.2, 0.25) is 0 Å². The summed E-state index contributed by atoms with van der Waals surface area (Å²) in [6.07, 6.45) is 52.5. The standard InChI is InChI=1S/C70H110O15.C2H6/c1-5-8-10-11-27-36-44-58(61(50-51-71)56(4)72)45-37-30-25-26-33-41-49-67(77)84-60(54-82-65(75)47-39-31-23-19-15-13-12-14-17-21-28-35-42-57(7-3)62(69(79)80)52-64(73)74)55-83-66(76)48-40-32-24-20-16-18-22-29-38-46-59(43-34-9-6-2)63-53-68(78)85-70(63)81;1-2/h12,14,21-22,28-29,35,37-38,42,45-46,51,57-63H,5-11,13,15-20,23-27,30-34,36,39-41,43-44,47-50,52-55H2,1-4H3,(H,73,74)(H,79,80);1-2H3/b14-12-,28-21-,29-22-,42-35+,45-37+,46-38+;. The van der Waals surface area contributed by atoms with Gasteiger partial charge >= 0.3 is 41.8 Å². The lowest BCUT2D eigenvalue weighted by atomic mass is 9.82. The number of carbonyl (C=O) groups is 9. The highest BCUT2D eigenvalue weighted by Gasteiger charge is 2.38. The molecule has 494 valence electrons. The summed E-state index contributed by atoms with van der Waals surface area (Å²) in [4.78, 5) is 109. The number of rotatable bonds is 56. The summed E-state index contributed by atoms with van der Waals surface area (Å²) in [6, 6.07) is 0. The van der Waals surface area contributed by atoms with Crippen LogP contribution in [0.2, 0.25) is 0 Å². The Balaban J connectivity index is 0.0000366. The molecule has 1 saturated heterocycles. The van der Waals surface area contributed by atoms with E-state index in [0.717, 1.165) is 148 Å². The molecular weight excluding hydrogens is 1100 g/mol. The van der Waals surface area contributed by atoms with Gasteiger partial charge in [0.25, 0.3) is 0 Å². The van der Waals surface area contributed by atoms with Crippen LogP contribution in [0.15, 0.2) is 72.9 Å². The van der Waals surface area contributed by atoms with E-state index in [1.165, 1.54) is 25.7 Å². The summed E-state index contributed by atoms with van der Waals surface area (Å²) in [7, 11) is 0. The molecule has 7 unspecified atom stereocenters. The zero-order chi connectivity index (χ0) is 64.6. The largest absolute Gasteiger partial charge is 0.481 e. The highest BCUT2D eigenvalue weighted by atomic mass is 16.6. The predicted octanol–water partition coefficient (Wildman–Crippen LogP) is 17.2. The van der Waals surface area contributed by atoms with Gasteiger partial charge in [0.1, 0.15) is 25.3 Å². The molecule has 15 nitrogen and oxygen atoms in total. The minimum atomic E-state index is -1.13. The van der Waals surface area contributed by atoms with Crippen molar-refractivity contribution in [3.05, 3.63) is 72.9 Å². The first-order chi connectivity index (χ1) is 42.2. The minimum Gasteiger partial charge on any atom is -0.481 e. The van der Waals surface area contributed by atoms with E-state index >= 15 is 0 Å². The summed E-state index contributed by atoms with van der Waals surface area (Å²) in [5, 5.41) is 18.5. The topological polar surface area (TPSA) is 231 Å². The van der Waals surface area contributed by atoms with Gasteiger partial charge in [-0.3, -0.25) is 38.4 Å². The van der Waals surface area contributed by atoms with Crippen LogP contribution in [-0.4, -0.2) is 83.4 Å². The van der Waals surface area contributed by atoms with Crippen molar-refractivity contribution in [1.29, 1.82) is 0 Å². The first kappa shape index (κ1) is 81.3. The van der Waals surface area contributed by atoms with Crippen molar-refractivity contribution < 1.29 is 72.3 Å². The molecule has 0 aromatic rings. The van der Waals surface area contributed by atoms with Crippen LogP contribution in [0.4, 0.5) is 0 Å². The number of carboxylic acid groups (broad SMARTS) is 2. The van der Waals surface area contributed by atoms with Crippen LogP contribution in [0.5, 0.6) is 0 Å². The maximum absolute atomic E-state index is 13.1. The number of Topliss-reactive ketones (excluding diaryl/α,β-unsaturated/α-hetero) is 1. The average molecular weight is 1220 g/mol. The van der Waals surface area contributed by atoms with Crippen LogP contribution in [0.3, 0.4) is 0 Å². The Labute approximate surface area is 524 Å². The molecule has 0 spiro atoms. The van der Waals surface area contributed by atoms with Gasteiger partial charge in [-0.2, -0.15) is 0 Å². The SMILES string of the molecule is CC.CCCCCCCCC(/C=C/CCCCCCC(=O)OC(COC(=O)CCCCCCC/C=C\C=C\C(CCCCC)C1CC(=O)OC1=O)COC(=O)CCCCCCC/C=C\C/C=C\C=C\C(CC)C(CC(=O)O)C(=O)O)C(CC=O)C(C)=O. The number of ketones is 1. The fourth-order valence-corrected chi connectivity index (χ4v) is 10.6. The number of allylic oxidation sites excluding steroid dienone is 12. The Morgan fingerprint density at radius 1 is 0.552 bits per heavy atom. The molecule has 87 heavy (non-hydrogen) atoms. The third kappa shape index (κ3) is 45.2. The molecule has 0 radical (unpaired) electrons. The number of cyclic esters (lactones) is 2. The van der Waals surface area contributed by atoms with E-state index in [9.17, 15) is 48.3 Å². The first-order valence-electron chi connectivity index (χ1n) is 33.8. The number of aliphatic carboxylic acids is 2. The number of carboxylic acids is 2. The number of hydrogen-bond acceptors (Lipinski definition) is 13. The van der Waals surface area contributed by atoms with E-state index in [-0.39, 0.29) is 74.8 Å². The van der Waals surface area contributed by atoms with E-state index < -0.39 is 66.1 Å². The quantitative estimate of drug-likeness (QED) is 0.0110. The number of esters is 5. The summed E-state index contributed by atoms with van der Waals surface area (Å²) in [5.41, 5.74) is 0. The van der Waals surface area contributed by atoms with Crippen molar-refractivity contribution in [1.82, 2.24) is 0 Å². The Morgan fingerprint density at radius 2 is 1.06 bits per heavy atom. The van der Waals surface area contributed by atoms with Crippen molar-refractivity contribution in [2.24, 2.45) is 35.5 Å². The molecule has 1 heterocycles. The Bertz CT molecular complexity index is 2060. The molecule has 1 rings (SSSR count). The number of ether oxygens (including phenoxy) is 4. The second kappa shape index (κ2) is 56.8. The van der Waals surface area contributed by atoms with E-state index in [2.05, 4.69) is 44.2 Å². The molecule has 1 aliphatic rings. The lowest BCUT2D eigenvalue weighted by Gasteiger charge is -2.21. The summed E-state index contributed by atoms with van der Waals surface area (Å²) >= 11 is 0. The third-order valence-electron chi connectivity index (χ3n) is 15.7. The van der Waals surface area contributed by atoms with Crippen LogP contribution >= 0.6 is 0 Å². The van der Waals surface area contributed by atoms with E-state index in [4.69, 9.17) is 24.1 Å². The molecule has 2 N–H and O–H groups in total. The molecule has 15 heteroatoms. The van der Waals surface area contributed by atoms with Gasteiger partial charge in [0.05, 0.1) is 24.7 Å². The molecule has 0 aliphatic carbocycles.